The molecule has 0 amide bonds. The zero-order chi connectivity index (χ0) is 20.3. The lowest BCUT2D eigenvalue weighted by Crippen LogP contribution is -2.14. The van der Waals surface area contributed by atoms with Crippen LogP contribution in [-0.2, 0) is 29.0 Å². The van der Waals surface area contributed by atoms with Crippen molar-refractivity contribution in [3.63, 3.8) is 0 Å². The summed E-state index contributed by atoms with van der Waals surface area (Å²) >= 11 is 0. The molecule has 0 unspecified atom stereocenters. The first-order chi connectivity index (χ1) is 14.8. The summed E-state index contributed by atoms with van der Waals surface area (Å²) in [6.45, 7) is -0.304. The molecule has 7 nitrogen and oxygen atoms in total. The van der Waals surface area contributed by atoms with Gasteiger partial charge in [0.25, 0.3) is 5.89 Å². The second kappa shape index (κ2) is 8.02. The van der Waals surface area contributed by atoms with E-state index in [1.807, 2.05) is 42.5 Å². The Balaban J connectivity index is 1.17. The predicted molar refractivity (Wildman–Crippen MR) is 108 cm³/mol. The monoisotopic (exact) mass is 404 g/mol. The quantitative estimate of drug-likeness (QED) is 0.438. The van der Waals surface area contributed by atoms with Crippen LogP contribution in [0.3, 0.4) is 0 Å². The van der Waals surface area contributed by atoms with Crippen molar-refractivity contribution in [2.45, 2.75) is 32.3 Å². The molecular weight excluding hydrogens is 384 g/mol. The molecule has 2 aromatic carbocycles. The minimum Gasteiger partial charge on any atom is -0.482 e. The number of fused-ring (bicyclic) bond motifs is 3. The van der Waals surface area contributed by atoms with Gasteiger partial charge in [-0.2, -0.15) is 0 Å². The van der Waals surface area contributed by atoms with E-state index in [2.05, 4.69) is 10.2 Å². The number of ether oxygens (including phenoxy) is 2. The minimum absolute atomic E-state index is 0.101. The van der Waals surface area contributed by atoms with Crippen molar-refractivity contribution in [1.82, 2.24) is 10.2 Å². The Labute approximate surface area is 172 Å². The molecule has 0 spiro atoms. The first-order valence-electron chi connectivity index (χ1n) is 9.97. The van der Waals surface area contributed by atoms with E-state index in [4.69, 9.17) is 18.3 Å². The summed E-state index contributed by atoms with van der Waals surface area (Å²) in [4.78, 5) is 12.1. The van der Waals surface area contributed by atoms with E-state index in [1.165, 1.54) is 12.0 Å². The van der Waals surface area contributed by atoms with Crippen LogP contribution in [0.15, 0.2) is 57.4 Å². The Kier molecular flexibility index (Phi) is 4.93. The summed E-state index contributed by atoms with van der Waals surface area (Å²) in [5.41, 5.74) is 2.93. The Bertz CT molecular complexity index is 1180. The highest BCUT2D eigenvalue weighted by Crippen LogP contribution is 2.33. The molecule has 0 aliphatic heterocycles. The van der Waals surface area contributed by atoms with Crippen LogP contribution in [0.1, 0.15) is 30.1 Å². The number of aryl methyl sites for hydroxylation is 2. The highest BCUT2D eigenvalue weighted by molar-refractivity contribution is 5.84. The lowest BCUT2D eigenvalue weighted by Gasteiger charge is -2.09. The molecule has 0 fully saturated rings. The van der Waals surface area contributed by atoms with E-state index in [9.17, 15) is 4.79 Å². The van der Waals surface area contributed by atoms with Gasteiger partial charge < -0.3 is 18.3 Å². The predicted octanol–water partition coefficient (Wildman–Crippen LogP) is 4.48. The Morgan fingerprint density at radius 3 is 2.77 bits per heavy atom. The fourth-order valence-corrected chi connectivity index (χ4v) is 3.67. The summed E-state index contributed by atoms with van der Waals surface area (Å²) in [6, 6.07) is 15.0. The maximum absolute atomic E-state index is 12.1. The maximum Gasteiger partial charge on any atom is 0.344 e. The average molecular weight is 404 g/mol. The Hall–Kier alpha value is -3.61. The summed E-state index contributed by atoms with van der Waals surface area (Å²) in [5, 5.41) is 8.94. The normalized spacial score (nSPS) is 13.2. The smallest absolute Gasteiger partial charge is 0.344 e. The van der Waals surface area contributed by atoms with Gasteiger partial charge in [-0.1, -0.05) is 18.2 Å². The highest BCUT2D eigenvalue weighted by atomic mass is 16.6. The third-order valence-corrected chi connectivity index (χ3v) is 5.13. The first-order valence-corrected chi connectivity index (χ1v) is 9.97. The number of hydrogen-bond acceptors (Lipinski definition) is 7. The first kappa shape index (κ1) is 18.4. The van der Waals surface area contributed by atoms with Crippen molar-refractivity contribution in [2.75, 3.05) is 6.61 Å². The van der Waals surface area contributed by atoms with Crippen LogP contribution >= 0.6 is 0 Å². The van der Waals surface area contributed by atoms with Crippen LogP contribution in [0.25, 0.3) is 22.4 Å². The van der Waals surface area contributed by atoms with Crippen molar-refractivity contribution in [1.29, 1.82) is 0 Å². The zero-order valence-corrected chi connectivity index (χ0v) is 16.3. The van der Waals surface area contributed by atoms with E-state index in [-0.39, 0.29) is 19.1 Å². The molecule has 1 aliphatic carbocycles. The zero-order valence-electron chi connectivity index (χ0n) is 16.3. The van der Waals surface area contributed by atoms with Crippen LogP contribution < -0.4 is 4.74 Å². The molecule has 30 heavy (non-hydrogen) atoms. The highest BCUT2D eigenvalue weighted by Gasteiger charge is 2.18. The number of benzene rings is 2. The van der Waals surface area contributed by atoms with Crippen LogP contribution in [0.4, 0.5) is 0 Å². The van der Waals surface area contributed by atoms with Gasteiger partial charge in [-0.3, -0.25) is 0 Å². The summed E-state index contributed by atoms with van der Waals surface area (Å²) in [5.74, 6) is 1.78. The van der Waals surface area contributed by atoms with Crippen molar-refractivity contribution in [3.8, 4) is 17.2 Å². The standard InChI is InChI=1S/C23H20N2O5/c26-22(28-13-21-24-25-23(30-21)15-6-2-1-3-7-15)14-27-16-10-11-20-18(12-16)17-8-4-5-9-19(17)29-20/h1-3,6-7,10-12H,4-5,8-9,13-14H2. The number of nitrogens with zero attached hydrogens (tertiary/aromatic N) is 2. The van der Waals surface area contributed by atoms with E-state index >= 15 is 0 Å². The summed E-state index contributed by atoms with van der Waals surface area (Å²) in [6.07, 6.45) is 4.33. The van der Waals surface area contributed by atoms with E-state index in [0.29, 0.717) is 11.6 Å². The summed E-state index contributed by atoms with van der Waals surface area (Å²) < 4.78 is 22.2. The van der Waals surface area contributed by atoms with Gasteiger partial charge in [-0.15, -0.1) is 10.2 Å². The lowest BCUT2D eigenvalue weighted by molar-refractivity contribution is -0.148. The Morgan fingerprint density at radius 1 is 1.00 bits per heavy atom. The number of carbonyl (C=O) groups excluding carboxylic acids is 1. The van der Waals surface area contributed by atoms with Gasteiger partial charge in [0.2, 0.25) is 5.89 Å². The average Bonchev–Trinajstić information content (AvgIpc) is 3.41. The van der Waals surface area contributed by atoms with Crippen LogP contribution in [0.5, 0.6) is 5.75 Å². The van der Waals surface area contributed by atoms with Gasteiger partial charge in [0.15, 0.2) is 13.2 Å². The second-order valence-corrected chi connectivity index (χ2v) is 7.19. The third-order valence-electron chi connectivity index (χ3n) is 5.13. The van der Waals surface area contributed by atoms with Gasteiger partial charge in [0.1, 0.15) is 17.1 Å². The number of hydrogen-bond donors (Lipinski definition) is 0. The molecule has 152 valence electrons. The number of carbonyl (C=O) groups is 1. The lowest BCUT2D eigenvalue weighted by atomic mass is 9.96. The van der Waals surface area contributed by atoms with E-state index in [1.54, 1.807) is 6.07 Å². The van der Waals surface area contributed by atoms with Crippen molar-refractivity contribution in [2.24, 2.45) is 0 Å². The van der Waals surface area contributed by atoms with Crippen molar-refractivity contribution < 1.29 is 23.1 Å². The van der Waals surface area contributed by atoms with E-state index in [0.717, 1.165) is 41.6 Å². The third kappa shape index (κ3) is 3.78. The molecule has 5 rings (SSSR count). The van der Waals surface area contributed by atoms with Gasteiger partial charge in [0.05, 0.1) is 0 Å². The maximum atomic E-state index is 12.1. The van der Waals surface area contributed by atoms with Crippen LogP contribution in [-0.4, -0.2) is 22.8 Å². The van der Waals surface area contributed by atoms with Crippen molar-refractivity contribution >= 4 is 16.9 Å². The Morgan fingerprint density at radius 2 is 1.87 bits per heavy atom. The molecule has 2 aromatic heterocycles. The van der Waals surface area contributed by atoms with Crippen molar-refractivity contribution in [3.05, 3.63) is 65.7 Å². The molecule has 0 saturated heterocycles. The SMILES string of the molecule is O=C(COc1ccc2oc3c(c2c1)CCCC3)OCc1nnc(-c2ccccc2)o1. The van der Waals surface area contributed by atoms with Crippen LogP contribution in [0, 0.1) is 0 Å². The number of rotatable bonds is 6. The van der Waals surface area contributed by atoms with Gasteiger partial charge in [-0.05, 0) is 49.6 Å². The number of furan rings is 1. The number of aromatic nitrogens is 2. The molecule has 0 saturated carbocycles. The topological polar surface area (TPSA) is 87.6 Å². The minimum atomic E-state index is -0.510. The van der Waals surface area contributed by atoms with Crippen LogP contribution in [0.2, 0.25) is 0 Å². The molecule has 0 atom stereocenters. The molecule has 4 aromatic rings. The van der Waals surface area contributed by atoms with Gasteiger partial charge in [0, 0.05) is 22.9 Å². The molecule has 0 bridgehead atoms. The van der Waals surface area contributed by atoms with Gasteiger partial charge >= 0.3 is 5.97 Å². The molecule has 0 N–H and O–H groups in total. The molecule has 1 aliphatic rings. The number of esters is 1. The molecule has 0 radical (unpaired) electrons. The van der Waals surface area contributed by atoms with E-state index < -0.39 is 5.97 Å². The van der Waals surface area contributed by atoms with Gasteiger partial charge in [-0.25, -0.2) is 4.79 Å². The summed E-state index contributed by atoms with van der Waals surface area (Å²) in [7, 11) is 0. The fraction of sp³-hybridized carbons (Fsp3) is 0.261. The molecule has 2 heterocycles. The largest absolute Gasteiger partial charge is 0.482 e. The molecular formula is C23H20N2O5. The fourth-order valence-electron chi connectivity index (χ4n) is 3.67. The molecule has 7 heteroatoms. The second-order valence-electron chi connectivity index (χ2n) is 7.19.